The summed E-state index contributed by atoms with van der Waals surface area (Å²) in [5, 5.41) is 3.63. The first-order valence-corrected chi connectivity index (χ1v) is 10.3. The molecule has 1 aromatic carbocycles. The van der Waals surface area contributed by atoms with Crippen molar-refractivity contribution in [3.8, 4) is 10.8 Å². The average Bonchev–Trinajstić information content (AvgIpc) is 3.33. The van der Waals surface area contributed by atoms with Crippen LogP contribution in [0.1, 0.15) is 34.3 Å². The maximum absolute atomic E-state index is 12.9. The third-order valence-corrected chi connectivity index (χ3v) is 5.89. The summed E-state index contributed by atoms with van der Waals surface area (Å²) in [4.78, 5) is 40.6. The summed E-state index contributed by atoms with van der Waals surface area (Å²) < 4.78 is 0. The molecule has 7 nitrogen and oxygen atoms in total. The fourth-order valence-corrected chi connectivity index (χ4v) is 4.31. The van der Waals surface area contributed by atoms with Gasteiger partial charge in [-0.1, -0.05) is 24.6 Å². The highest BCUT2D eigenvalue weighted by molar-refractivity contribution is 7.17. The highest BCUT2D eigenvalue weighted by Crippen LogP contribution is 2.27. The van der Waals surface area contributed by atoms with E-state index in [1.54, 1.807) is 23.4 Å². The van der Waals surface area contributed by atoms with Gasteiger partial charge in [0.1, 0.15) is 4.88 Å². The van der Waals surface area contributed by atoms with Crippen LogP contribution in [0.3, 0.4) is 0 Å². The first-order chi connectivity index (χ1) is 14.0. The number of nitrogens with zero attached hydrogens (tertiary/aromatic N) is 4. The maximum Gasteiger partial charge on any atom is 0.263 e. The molecule has 1 saturated heterocycles. The predicted molar refractivity (Wildman–Crippen MR) is 112 cm³/mol. The van der Waals surface area contributed by atoms with E-state index in [2.05, 4.69) is 20.3 Å². The van der Waals surface area contributed by atoms with Gasteiger partial charge in [0.15, 0.2) is 10.8 Å². The molecule has 0 saturated carbocycles. The number of amides is 2. The van der Waals surface area contributed by atoms with E-state index >= 15 is 0 Å². The zero-order chi connectivity index (χ0) is 20.4. The summed E-state index contributed by atoms with van der Waals surface area (Å²) in [6, 6.07) is 9.32. The van der Waals surface area contributed by atoms with E-state index in [-0.39, 0.29) is 24.3 Å². The molecular formula is C21H21N5O2S. The largest absolute Gasteiger partial charge is 0.346 e. The van der Waals surface area contributed by atoms with Crippen LogP contribution < -0.4 is 10.2 Å². The fraction of sp³-hybridized carbons (Fsp3) is 0.286. The molecule has 2 amide bonds. The summed E-state index contributed by atoms with van der Waals surface area (Å²) in [5.74, 6) is 0.315. The molecule has 1 N–H and O–H groups in total. The van der Waals surface area contributed by atoms with Gasteiger partial charge in [0.2, 0.25) is 5.91 Å². The minimum atomic E-state index is -0.237. The lowest BCUT2D eigenvalue weighted by Gasteiger charge is -2.17. The third kappa shape index (κ3) is 4.02. The molecule has 0 radical (unpaired) electrons. The molecule has 1 aliphatic heterocycles. The molecule has 1 unspecified atom stereocenters. The van der Waals surface area contributed by atoms with Crippen LogP contribution in [0.2, 0.25) is 0 Å². The normalized spacial score (nSPS) is 16.3. The molecule has 0 aliphatic carbocycles. The van der Waals surface area contributed by atoms with E-state index in [1.165, 1.54) is 11.3 Å². The van der Waals surface area contributed by atoms with Crippen molar-refractivity contribution in [2.24, 2.45) is 0 Å². The van der Waals surface area contributed by atoms with Crippen LogP contribution in [0.15, 0.2) is 42.7 Å². The van der Waals surface area contributed by atoms with Crippen LogP contribution in [0.4, 0.5) is 5.69 Å². The number of benzene rings is 1. The molecule has 1 atom stereocenters. The van der Waals surface area contributed by atoms with E-state index in [4.69, 9.17) is 0 Å². The van der Waals surface area contributed by atoms with Crippen LogP contribution in [0.5, 0.6) is 0 Å². The number of hydrogen-bond acceptors (Lipinski definition) is 6. The molecule has 3 heterocycles. The van der Waals surface area contributed by atoms with Gasteiger partial charge in [0.25, 0.3) is 5.91 Å². The van der Waals surface area contributed by atoms with Crippen LogP contribution in [0, 0.1) is 6.92 Å². The number of thiazole rings is 1. The van der Waals surface area contributed by atoms with Crippen molar-refractivity contribution in [1.29, 1.82) is 0 Å². The van der Waals surface area contributed by atoms with Gasteiger partial charge in [-0.05, 0) is 31.5 Å². The van der Waals surface area contributed by atoms with E-state index in [1.807, 2.05) is 38.1 Å². The second kappa shape index (κ2) is 8.08. The van der Waals surface area contributed by atoms with Gasteiger partial charge in [-0.25, -0.2) is 15.0 Å². The van der Waals surface area contributed by atoms with E-state index in [9.17, 15) is 9.59 Å². The molecule has 3 aromatic rings. The molecule has 1 aliphatic rings. The minimum Gasteiger partial charge on any atom is -0.346 e. The summed E-state index contributed by atoms with van der Waals surface area (Å²) in [5.41, 5.74) is 2.71. The Labute approximate surface area is 172 Å². The molecule has 4 rings (SSSR count). The Morgan fingerprint density at radius 3 is 2.66 bits per heavy atom. The topological polar surface area (TPSA) is 88.1 Å². The number of aromatic nitrogens is 3. The summed E-state index contributed by atoms with van der Waals surface area (Å²) in [6.45, 7) is 4.43. The van der Waals surface area contributed by atoms with Crippen molar-refractivity contribution in [3.63, 3.8) is 0 Å². The molecule has 8 heteroatoms. The Bertz CT molecular complexity index is 1030. The van der Waals surface area contributed by atoms with Crippen LogP contribution in [0.25, 0.3) is 10.8 Å². The lowest BCUT2D eigenvalue weighted by molar-refractivity contribution is -0.117. The standard InChI is InChI=1S/C21H21N5O2S/c1-3-16-18(29-21(25-16)19-22-9-4-10-23-19)20(28)24-14-11-17(27)26(12-14)15-7-5-13(2)6-8-15/h4-10,14H,3,11-12H2,1-2H3,(H,24,28). The highest BCUT2D eigenvalue weighted by Gasteiger charge is 2.32. The Morgan fingerprint density at radius 1 is 1.24 bits per heavy atom. The average molecular weight is 407 g/mol. The SMILES string of the molecule is CCc1nc(-c2ncccn2)sc1C(=O)NC1CC(=O)N(c2ccc(C)cc2)C1. The highest BCUT2D eigenvalue weighted by atomic mass is 32.1. The molecule has 29 heavy (non-hydrogen) atoms. The summed E-state index contributed by atoms with van der Waals surface area (Å²) >= 11 is 1.28. The van der Waals surface area contributed by atoms with Crippen molar-refractivity contribution in [2.75, 3.05) is 11.4 Å². The van der Waals surface area contributed by atoms with Crippen LogP contribution in [-0.2, 0) is 11.2 Å². The van der Waals surface area contributed by atoms with Crippen molar-refractivity contribution in [1.82, 2.24) is 20.3 Å². The van der Waals surface area contributed by atoms with Gasteiger partial charge in [-0.3, -0.25) is 9.59 Å². The fourth-order valence-electron chi connectivity index (χ4n) is 3.30. The molecule has 148 valence electrons. The second-order valence-electron chi connectivity index (χ2n) is 6.94. The number of anilines is 1. The van der Waals surface area contributed by atoms with Gasteiger partial charge < -0.3 is 10.2 Å². The van der Waals surface area contributed by atoms with Crippen LogP contribution >= 0.6 is 11.3 Å². The predicted octanol–water partition coefficient (Wildman–Crippen LogP) is 3.01. The zero-order valence-electron chi connectivity index (χ0n) is 16.3. The number of carbonyl (C=O) groups is 2. The first kappa shape index (κ1) is 19.2. The van der Waals surface area contributed by atoms with Crippen molar-refractivity contribution in [3.05, 3.63) is 58.9 Å². The Kier molecular flexibility index (Phi) is 5.35. The quantitative estimate of drug-likeness (QED) is 0.702. The number of aryl methyl sites for hydroxylation is 2. The molecule has 2 aromatic heterocycles. The second-order valence-corrected chi connectivity index (χ2v) is 7.93. The van der Waals surface area contributed by atoms with Gasteiger partial charge >= 0.3 is 0 Å². The Balaban J connectivity index is 1.49. The first-order valence-electron chi connectivity index (χ1n) is 9.50. The molecule has 0 bridgehead atoms. The van der Waals surface area contributed by atoms with Gasteiger partial charge in [0.05, 0.1) is 11.7 Å². The van der Waals surface area contributed by atoms with Gasteiger partial charge in [-0.2, -0.15) is 0 Å². The van der Waals surface area contributed by atoms with Crippen LogP contribution in [-0.4, -0.2) is 39.4 Å². The Hall–Kier alpha value is -3.13. The molecular weight excluding hydrogens is 386 g/mol. The van der Waals surface area contributed by atoms with E-state index in [0.29, 0.717) is 28.7 Å². The minimum absolute atomic E-state index is 0.0116. The molecule has 0 spiro atoms. The van der Waals surface area contributed by atoms with Crippen molar-refractivity contribution >= 4 is 28.8 Å². The number of nitrogens with one attached hydrogen (secondary N) is 1. The number of carbonyl (C=O) groups excluding carboxylic acids is 2. The molecule has 1 fully saturated rings. The summed E-state index contributed by atoms with van der Waals surface area (Å²) in [6.07, 6.45) is 4.22. The third-order valence-electron chi connectivity index (χ3n) is 4.80. The van der Waals surface area contributed by atoms with Crippen molar-refractivity contribution < 1.29 is 9.59 Å². The summed E-state index contributed by atoms with van der Waals surface area (Å²) in [7, 11) is 0. The zero-order valence-corrected chi connectivity index (χ0v) is 17.1. The van der Waals surface area contributed by atoms with Gasteiger partial charge in [-0.15, -0.1) is 11.3 Å². The van der Waals surface area contributed by atoms with Gasteiger partial charge in [0, 0.05) is 31.0 Å². The lowest BCUT2D eigenvalue weighted by atomic mass is 10.2. The van der Waals surface area contributed by atoms with E-state index in [0.717, 1.165) is 16.9 Å². The number of hydrogen-bond donors (Lipinski definition) is 1. The lowest BCUT2D eigenvalue weighted by Crippen LogP contribution is -2.37. The van der Waals surface area contributed by atoms with E-state index < -0.39 is 0 Å². The smallest absolute Gasteiger partial charge is 0.263 e. The Morgan fingerprint density at radius 2 is 1.97 bits per heavy atom. The number of rotatable bonds is 5. The maximum atomic E-state index is 12.9. The van der Waals surface area contributed by atoms with Crippen molar-refractivity contribution in [2.45, 2.75) is 32.7 Å². The monoisotopic (exact) mass is 407 g/mol.